The van der Waals surface area contributed by atoms with E-state index in [1.54, 1.807) is 6.92 Å². The van der Waals surface area contributed by atoms with Crippen LogP contribution in [-0.4, -0.2) is 63.6 Å². The molecule has 1 fully saturated rings. The summed E-state index contributed by atoms with van der Waals surface area (Å²) in [5, 5.41) is 23.4. The summed E-state index contributed by atoms with van der Waals surface area (Å²) in [5.41, 5.74) is 9.74. The highest BCUT2D eigenvalue weighted by atomic mass is 35.5. The summed E-state index contributed by atoms with van der Waals surface area (Å²) < 4.78 is 5.23. The lowest BCUT2D eigenvalue weighted by molar-refractivity contribution is -0.107. The standard InChI is InChI=1S/C16H23Cl2N.C9H14N4.C7H14O3.C5H10O/c1-3-4-5-6-12-11(2)9-19-10-14-13(12)7-8-15(17)16(14)18;1-6(2)4-11-8-7(3)12-5-13-9(8)10;1-3-5-7(9)6(8)4(2)10-5;1-2-3-4-5-6/h7-8,11-12,19H,3-6,9-10H2,1-2H3;4-6H,1-3H3,(H2,10,12,13);4-9H,3H2,1-2H3;5H,2-4H2,1H3. The number of carbonyl (C=O) groups is 1. The number of nitrogens with one attached hydrogen (secondary N) is 1. The Hall–Kier alpha value is -2.14. The van der Waals surface area contributed by atoms with Gasteiger partial charge in [0.2, 0.25) is 0 Å². The molecule has 2 aliphatic heterocycles. The summed E-state index contributed by atoms with van der Waals surface area (Å²) in [6.07, 6.45) is 11.2. The molecular formula is C37H61Cl2N5O4. The number of aliphatic hydroxyl groups excluding tert-OH is 2. The molecule has 6 atom stereocenters. The van der Waals surface area contributed by atoms with Crippen molar-refractivity contribution in [1.82, 2.24) is 15.3 Å². The number of halogens is 2. The number of unbranched alkanes of at least 4 members (excludes halogenated alkanes) is 4. The van der Waals surface area contributed by atoms with Crippen molar-refractivity contribution in [2.75, 3.05) is 12.3 Å². The number of aliphatic imine (C=N–C) groups is 1. The minimum absolute atomic E-state index is 0.176. The topological polar surface area (TPSA) is 143 Å². The first-order chi connectivity index (χ1) is 22.8. The highest BCUT2D eigenvalue weighted by molar-refractivity contribution is 6.42. The monoisotopic (exact) mass is 709 g/mol. The number of hydrogen-bond donors (Lipinski definition) is 4. The predicted molar refractivity (Wildman–Crippen MR) is 201 cm³/mol. The van der Waals surface area contributed by atoms with Crippen molar-refractivity contribution >= 4 is 47.2 Å². The molecule has 1 saturated heterocycles. The SMILES string of the molecule is CCC1OC(C)C(O)C1O.CCCCC=O.CCCCCC1c2ccc(Cl)c(Cl)c2CNCC1C.Cc1ncnc(N)c1N=CC(C)C. The van der Waals surface area contributed by atoms with E-state index in [2.05, 4.69) is 61.0 Å². The lowest BCUT2D eigenvalue weighted by atomic mass is 9.82. The Balaban J connectivity index is 0.000000346. The van der Waals surface area contributed by atoms with Crippen LogP contribution >= 0.6 is 23.2 Å². The number of anilines is 1. The minimum Gasteiger partial charge on any atom is -0.388 e. The van der Waals surface area contributed by atoms with Crippen molar-refractivity contribution in [1.29, 1.82) is 0 Å². The number of ether oxygens (including phenoxy) is 1. The van der Waals surface area contributed by atoms with Gasteiger partial charge in [-0.1, -0.05) is 96.5 Å². The Morgan fingerprint density at radius 1 is 1.08 bits per heavy atom. The maximum Gasteiger partial charge on any atom is 0.153 e. The van der Waals surface area contributed by atoms with E-state index in [4.69, 9.17) is 33.7 Å². The van der Waals surface area contributed by atoms with Gasteiger partial charge in [-0.05, 0) is 74.6 Å². The molecule has 6 unspecified atom stereocenters. The van der Waals surface area contributed by atoms with Crippen molar-refractivity contribution in [3.63, 3.8) is 0 Å². The molecule has 9 nitrogen and oxygen atoms in total. The Labute approximate surface area is 299 Å². The van der Waals surface area contributed by atoms with Crippen molar-refractivity contribution in [2.24, 2.45) is 16.8 Å². The number of aldehydes is 1. The summed E-state index contributed by atoms with van der Waals surface area (Å²) in [4.78, 5) is 21.7. The van der Waals surface area contributed by atoms with E-state index in [0.29, 0.717) is 34.3 Å². The van der Waals surface area contributed by atoms with Gasteiger partial charge in [-0.2, -0.15) is 0 Å². The molecule has 1 aromatic heterocycles. The molecule has 11 heteroatoms. The first-order valence-corrected chi connectivity index (χ1v) is 18.3. The third kappa shape index (κ3) is 14.8. The van der Waals surface area contributed by atoms with Crippen LogP contribution in [0.1, 0.15) is 123 Å². The predicted octanol–water partition coefficient (Wildman–Crippen LogP) is 8.40. The van der Waals surface area contributed by atoms with E-state index >= 15 is 0 Å². The van der Waals surface area contributed by atoms with E-state index < -0.39 is 12.2 Å². The van der Waals surface area contributed by atoms with Gasteiger partial charge >= 0.3 is 0 Å². The van der Waals surface area contributed by atoms with E-state index in [-0.39, 0.29) is 12.2 Å². The third-order valence-electron chi connectivity index (χ3n) is 8.42. The maximum absolute atomic E-state index is 9.56. The number of aliphatic hydroxyl groups is 2. The molecule has 0 spiro atoms. The van der Waals surface area contributed by atoms with Crippen LogP contribution in [0.4, 0.5) is 11.5 Å². The van der Waals surface area contributed by atoms with Crippen LogP contribution < -0.4 is 11.1 Å². The van der Waals surface area contributed by atoms with Crippen LogP contribution in [0.5, 0.6) is 0 Å². The number of carbonyl (C=O) groups excluding carboxylic acids is 1. The number of benzene rings is 1. The fourth-order valence-corrected chi connectivity index (χ4v) is 5.91. The minimum atomic E-state index is -0.704. The van der Waals surface area contributed by atoms with E-state index in [0.717, 1.165) is 55.8 Å². The molecule has 5 N–H and O–H groups in total. The van der Waals surface area contributed by atoms with Crippen molar-refractivity contribution in [2.45, 2.75) is 144 Å². The van der Waals surface area contributed by atoms with Gasteiger partial charge in [-0.25, -0.2) is 9.97 Å². The zero-order valence-electron chi connectivity index (χ0n) is 30.4. The van der Waals surface area contributed by atoms with Crippen LogP contribution in [0.3, 0.4) is 0 Å². The number of fused-ring (bicyclic) bond motifs is 1. The molecule has 0 saturated carbocycles. The molecule has 48 heavy (non-hydrogen) atoms. The number of hydrogen-bond acceptors (Lipinski definition) is 9. The van der Waals surface area contributed by atoms with Gasteiger partial charge in [0.1, 0.15) is 30.5 Å². The van der Waals surface area contributed by atoms with Crippen LogP contribution in [-0.2, 0) is 16.1 Å². The number of rotatable bonds is 10. The normalized spacial score (nSPS) is 23.2. The van der Waals surface area contributed by atoms with Crippen molar-refractivity contribution < 1.29 is 19.7 Å². The smallest absolute Gasteiger partial charge is 0.153 e. The molecule has 0 bridgehead atoms. The lowest BCUT2D eigenvalue weighted by Gasteiger charge is -2.24. The van der Waals surface area contributed by atoms with Gasteiger partial charge in [0.25, 0.3) is 0 Å². The van der Waals surface area contributed by atoms with Crippen LogP contribution in [0.2, 0.25) is 10.0 Å². The van der Waals surface area contributed by atoms with Gasteiger partial charge in [0.15, 0.2) is 5.82 Å². The average Bonchev–Trinajstić information content (AvgIpc) is 3.20. The Morgan fingerprint density at radius 3 is 2.27 bits per heavy atom. The first-order valence-electron chi connectivity index (χ1n) is 17.6. The second-order valence-corrected chi connectivity index (χ2v) is 13.7. The fraction of sp³-hybridized carbons (Fsp3) is 0.676. The molecule has 272 valence electrons. The average molecular weight is 711 g/mol. The van der Waals surface area contributed by atoms with E-state index in [9.17, 15) is 15.0 Å². The van der Waals surface area contributed by atoms with Gasteiger partial charge in [-0.3, -0.25) is 4.99 Å². The molecule has 3 heterocycles. The summed E-state index contributed by atoms with van der Waals surface area (Å²) in [6, 6.07) is 4.14. The second kappa shape index (κ2) is 24.1. The maximum atomic E-state index is 9.56. The number of nitrogens with two attached hydrogens (primary N) is 1. The van der Waals surface area contributed by atoms with Gasteiger partial charge in [0, 0.05) is 19.2 Å². The Bertz CT molecular complexity index is 1210. The summed E-state index contributed by atoms with van der Waals surface area (Å²) in [7, 11) is 0. The van der Waals surface area contributed by atoms with E-state index in [1.165, 1.54) is 43.1 Å². The van der Waals surface area contributed by atoms with Crippen molar-refractivity contribution in [3.05, 3.63) is 45.3 Å². The van der Waals surface area contributed by atoms with Crippen LogP contribution in [0.15, 0.2) is 23.5 Å². The largest absolute Gasteiger partial charge is 0.388 e. The van der Waals surface area contributed by atoms with E-state index in [1.807, 2.05) is 26.1 Å². The summed E-state index contributed by atoms with van der Waals surface area (Å²) in [5.74, 6) is 2.09. The number of nitrogen functional groups attached to an aromatic ring is 1. The first kappa shape index (κ1) is 43.9. The van der Waals surface area contributed by atoms with Gasteiger partial charge in [-0.15, -0.1) is 0 Å². The Kier molecular flexibility index (Phi) is 22.0. The molecule has 1 aromatic carbocycles. The zero-order valence-corrected chi connectivity index (χ0v) is 31.9. The van der Waals surface area contributed by atoms with Crippen molar-refractivity contribution in [3.8, 4) is 0 Å². The second-order valence-electron chi connectivity index (χ2n) is 12.9. The molecule has 0 aliphatic carbocycles. The highest BCUT2D eigenvalue weighted by Gasteiger charge is 2.38. The molecule has 2 aliphatic rings. The fourth-order valence-electron chi connectivity index (χ4n) is 5.49. The highest BCUT2D eigenvalue weighted by Crippen LogP contribution is 2.39. The number of aryl methyl sites for hydroxylation is 1. The zero-order chi connectivity index (χ0) is 36.2. The molecule has 2 aromatic rings. The quantitative estimate of drug-likeness (QED) is 0.109. The van der Waals surface area contributed by atoms with Gasteiger partial charge in [0.05, 0.1) is 27.9 Å². The van der Waals surface area contributed by atoms with Gasteiger partial charge < -0.3 is 30.8 Å². The Morgan fingerprint density at radius 2 is 1.77 bits per heavy atom. The number of aromatic nitrogens is 2. The molecular weight excluding hydrogens is 649 g/mol. The molecule has 4 rings (SSSR count). The molecule has 0 radical (unpaired) electrons. The third-order valence-corrected chi connectivity index (χ3v) is 9.26. The summed E-state index contributed by atoms with van der Waals surface area (Å²) >= 11 is 12.5. The van der Waals surface area contributed by atoms with Crippen LogP contribution in [0.25, 0.3) is 0 Å². The number of nitrogens with zero attached hydrogens (tertiary/aromatic N) is 3. The summed E-state index contributed by atoms with van der Waals surface area (Å²) in [6.45, 7) is 18.2. The molecule has 0 amide bonds. The van der Waals surface area contributed by atoms with Crippen LogP contribution in [0, 0.1) is 18.8 Å². The lowest BCUT2D eigenvalue weighted by Crippen LogP contribution is -2.31.